The summed E-state index contributed by atoms with van der Waals surface area (Å²) in [6.45, 7) is -1.52. The monoisotopic (exact) mass is 273 g/mol. The topological polar surface area (TPSA) is 55.6 Å². The molecule has 0 unspecified atom stereocenters. The molecule has 0 saturated carbocycles. The normalized spacial score (nSPS) is 11.7. The van der Waals surface area contributed by atoms with E-state index in [9.17, 15) is 18.0 Å². The Hall–Kier alpha value is -2.09. The van der Waals surface area contributed by atoms with Crippen molar-refractivity contribution >= 4 is 11.6 Å². The predicted molar refractivity (Wildman–Crippen MR) is 59.0 cm³/mol. The quantitative estimate of drug-likeness (QED) is 0.859. The number of fused-ring (bicyclic) bond motifs is 1. The maximum Gasteiger partial charge on any atom is 0.414 e. The van der Waals surface area contributed by atoms with Crippen molar-refractivity contribution in [3.63, 3.8) is 0 Å². The van der Waals surface area contributed by atoms with Gasteiger partial charge >= 0.3 is 6.18 Å². The van der Waals surface area contributed by atoms with Crippen LogP contribution in [0.5, 0.6) is 0 Å². The van der Waals surface area contributed by atoms with Gasteiger partial charge < -0.3 is 4.40 Å². The van der Waals surface area contributed by atoms with Gasteiger partial charge in [-0.25, -0.2) is 10.5 Å². The van der Waals surface area contributed by atoms with Crippen molar-refractivity contribution in [2.75, 3.05) is 6.61 Å². The number of pyridine rings is 1. The van der Waals surface area contributed by atoms with Gasteiger partial charge in [-0.1, -0.05) is 6.07 Å². The Balaban J connectivity index is 1.88. The number of nitrogens with one attached hydrogen (secondary N) is 1. The third-order valence-electron chi connectivity index (χ3n) is 2.18. The Morgan fingerprint density at radius 3 is 2.89 bits per heavy atom. The first-order chi connectivity index (χ1) is 8.94. The number of carbonyl (C=O) groups is 1. The van der Waals surface area contributed by atoms with E-state index >= 15 is 0 Å². The van der Waals surface area contributed by atoms with Gasteiger partial charge in [0, 0.05) is 12.4 Å². The molecule has 2 rings (SSSR count). The number of aromatic nitrogens is 2. The van der Waals surface area contributed by atoms with E-state index in [-0.39, 0.29) is 6.42 Å². The largest absolute Gasteiger partial charge is 0.414 e. The standard InChI is InChI=1S/C11H10F3N3O2/c12-11(13,14)7-19-16-10(18)5-8-6-17-4-2-1-3-9(17)15-8/h1-4,6H,5,7H2,(H,16,18). The number of carbonyl (C=O) groups excluding carboxylic acids is 1. The van der Waals surface area contributed by atoms with E-state index in [2.05, 4.69) is 9.82 Å². The van der Waals surface area contributed by atoms with Gasteiger partial charge in [0.2, 0.25) is 5.91 Å². The molecule has 0 spiro atoms. The molecule has 0 bridgehead atoms. The minimum absolute atomic E-state index is 0.153. The highest BCUT2D eigenvalue weighted by Crippen LogP contribution is 2.13. The van der Waals surface area contributed by atoms with E-state index in [0.717, 1.165) is 0 Å². The van der Waals surface area contributed by atoms with E-state index in [1.807, 2.05) is 0 Å². The summed E-state index contributed by atoms with van der Waals surface area (Å²) in [7, 11) is 0. The second kappa shape index (κ2) is 5.27. The van der Waals surface area contributed by atoms with Gasteiger partial charge in [-0.2, -0.15) is 13.2 Å². The molecule has 0 aliphatic carbocycles. The number of amides is 1. The third-order valence-corrected chi connectivity index (χ3v) is 2.18. The molecule has 1 N–H and O–H groups in total. The van der Waals surface area contributed by atoms with E-state index < -0.39 is 18.7 Å². The number of nitrogens with zero attached hydrogens (tertiary/aromatic N) is 2. The van der Waals surface area contributed by atoms with Gasteiger partial charge in [0.05, 0.1) is 12.1 Å². The maximum absolute atomic E-state index is 11.8. The van der Waals surface area contributed by atoms with Gasteiger partial charge in [0.25, 0.3) is 0 Å². The number of halogens is 3. The second-order valence-corrected chi connectivity index (χ2v) is 3.80. The molecule has 0 saturated heterocycles. The average Bonchev–Trinajstić information content (AvgIpc) is 2.68. The summed E-state index contributed by atoms with van der Waals surface area (Å²) in [5.74, 6) is -0.687. The summed E-state index contributed by atoms with van der Waals surface area (Å²) in [4.78, 5) is 19.5. The number of rotatable bonds is 4. The molecule has 8 heteroatoms. The first-order valence-electron chi connectivity index (χ1n) is 5.34. The fourth-order valence-electron chi connectivity index (χ4n) is 1.47. The Kier molecular flexibility index (Phi) is 3.70. The Labute approximate surface area is 106 Å². The van der Waals surface area contributed by atoms with E-state index in [0.29, 0.717) is 11.3 Å². The first-order valence-corrected chi connectivity index (χ1v) is 5.34. The minimum Gasteiger partial charge on any atom is -0.307 e. The molecule has 1 amide bonds. The number of imidazole rings is 1. The summed E-state index contributed by atoms with van der Waals surface area (Å²) in [5, 5.41) is 0. The van der Waals surface area contributed by atoms with Crippen molar-refractivity contribution in [1.82, 2.24) is 14.9 Å². The predicted octanol–water partition coefficient (Wildman–Crippen LogP) is 1.49. The molecule has 2 aromatic heterocycles. The number of hydrogen-bond donors (Lipinski definition) is 1. The lowest BCUT2D eigenvalue weighted by molar-refractivity contribution is -0.191. The molecule has 0 radical (unpaired) electrons. The number of hydrogen-bond acceptors (Lipinski definition) is 3. The number of hydroxylamine groups is 1. The van der Waals surface area contributed by atoms with Crippen LogP contribution in [0.3, 0.4) is 0 Å². The lowest BCUT2D eigenvalue weighted by atomic mass is 10.3. The highest BCUT2D eigenvalue weighted by Gasteiger charge is 2.28. The summed E-state index contributed by atoms with van der Waals surface area (Å²) in [5.41, 5.74) is 2.82. The fraction of sp³-hybridized carbons (Fsp3) is 0.273. The van der Waals surface area contributed by atoms with Crippen molar-refractivity contribution in [2.45, 2.75) is 12.6 Å². The summed E-state index contributed by atoms with van der Waals surface area (Å²) in [6, 6.07) is 5.34. The molecule has 0 aliphatic heterocycles. The van der Waals surface area contributed by atoms with E-state index in [1.54, 1.807) is 40.5 Å². The highest BCUT2D eigenvalue weighted by molar-refractivity contribution is 5.77. The smallest absolute Gasteiger partial charge is 0.307 e. The van der Waals surface area contributed by atoms with Crippen LogP contribution in [0.1, 0.15) is 5.69 Å². The molecule has 102 valence electrons. The first kappa shape index (κ1) is 13.3. The summed E-state index contributed by atoms with van der Waals surface area (Å²) in [6.07, 6.45) is -1.25. The Bertz CT molecular complexity index is 547. The van der Waals surface area contributed by atoms with Gasteiger partial charge in [-0.3, -0.25) is 9.63 Å². The van der Waals surface area contributed by atoms with Crippen LogP contribution in [-0.2, 0) is 16.1 Å². The second-order valence-electron chi connectivity index (χ2n) is 3.80. The van der Waals surface area contributed by atoms with Crippen molar-refractivity contribution in [3.8, 4) is 0 Å². The van der Waals surface area contributed by atoms with Crippen LogP contribution in [0.2, 0.25) is 0 Å². The highest BCUT2D eigenvalue weighted by atomic mass is 19.4. The van der Waals surface area contributed by atoms with Crippen LogP contribution in [0, 0.1) is 0 Å². The maximum atomic E-state index is 11.8. The Morgan fingerprint density at radius 1 is 1.42 bits per heavy atom. The lowest BCUT2D eigenvalue weighted by Crippen LogP contribution is -2.30. The SMILES string of the molecule is O=C(Cc1cn2ccccc2n1)NOCC(F)(F)F. The molecule has 0 aliphatic rings. The molecular formula is C11H10F3N3O2. The fourth-order valence-corrected chi connectivity index (χ4v) is 1.47. The van der Waals surface area contributed by atoms with Crippen LogP contribution in [-0.4, -0.2) is 28.1 Å². The van der Waals surface area contributed by atoms with Crippen molar-refractivity contribution in [1.29, 1.82) is 0 Å². The van der Waals surface area contributed by atoms with Crippen LogP contribution >= 0.6 is 0 Å². The van der Waals surface area contributed by atoms with Crippen LogP contribution < -0.4 is 5.48 Å². The molecule has 5 nitrogen and oxygen atoms in total. The molecule has 2 heterocycles. The molecular weight excluding hydrogens is 263 g/mol. The molecule has 2 aromatic rings. The molecule has 0 aromatic carbocycles. The minimum atomic E-state index is -4.48. The lowest BCUT2D eigenvalue weighted by Gasteiger charge is -2.07. The summed E-state index contributed by atoms with van der Waals surface area (Å²) >= 11 is 0. The zero-order valence-corrected chi connectivity index (χ0v) is 9.65. The van der Waals surface area contributed by atoms with Crippen LogP contribution in [0.15, 0.2) is 30.6 Å². The van der Waals surface area contributed by atoms with E-state index in [4.69, 9.17) is 0 Å². The van der Waals surface area contributed by atoms with Crippen LogP contribution in [0.4, 0.5) is 13.2 Å². The van der Waals surface area contributed by atoms with E-state index in [1.165, 1.54) is 0 Å². The number of alkyl halides is 3. The van der Waals surface area contributed by atoms with Crippen molar-refractivity contribution in [3.05, 3.63) is 36.3 Å². The van der Waals surface area contributed by atoms with Gasteiger partial charge in [0.1, 0.15) is 5.65 Å². The van der Waals surface area contributed by atoms with Crippen LogP contribution in [0.25, 0.3) is 5.65 Å². The van der Waals surface area contributed by atoms with Gasteiger partial charge in [-0.05, 0) is 12.1 Å². The van der Waals surface area contributed by atoms with Crippen molar-refractivity contribution < 1.29 is 22.8 Å². The molecule has 0 fully saturated rings. The molecule has 19 heavy (non-hydrogen) atoms. The van der Waals surface area contributed by atoms with Crippen molar-refractivity contribution in [2.24, 2.45) is 0 Å². The van der Waals surface area contributed by atoms with Gasteiger partial charge in [0.15, 0.2) is 6.61 Å². The zero-order chi connectivity index (χ0) is 13.9. The molecule has 0 atom stereocenters. The Morgan fingerprint density at radius 2 is 2.21 bits per heavy atom. The third kappa shape index (κ3) is 3.95. The van der Waals surface area contributed by atoms with Gasteiger partial charge in [-0.15, -0.1) is 0 Å². The summed E-state index contributed by atoms with van der Waals surface area (Å²) < 4.78 is 37.0. The zero-order valence-electron chi connectivity index (χ0n) is 9.65. The average molecular weight is 273 g/mol.